The fourth-order valence-electron chi connectivity index (χ4n) is 3.62. The first-order valence-electron chi connectivity index (χ1n) is 8.56. The van der Waals surface area contributed by atoms with E-state index >= 15 is 0 Å². The lowest BCUT2D eigenvalue weighted by atomic mass is 9.95. The summed E-state index contributed by atoms with van der Waals surface area (Å²) in [4.78, 5) is 27.0. The standard InChI is InChI=1S/C18H19N5OS/c19-10-15-3-6-20-18(21-15)23-7-1-2-14(12-23)17(24)22-8-4-16-13(11-22)5-9-25-16/h3,5-6,9,14H,1-2,4,7-8,11-12H2. The summed E-state index contributed by atoms with van der Waals surface area (Å²) in [6.45, 7) is 2.99. The number of fused-ring (bicyclic) bond motifs is 1. The van der Waals surface area contributed by atoms with Gasteiger partial charge in [0.05, 0.1) is 5.92 Å². The molecular weight excluding hydrogens is 334 g/mol. The summed E-state index contributed by atoms with van der Waals surface area (Å²) < 4.78 is 0. The minimum Gasteiger partial charge on any atom is -0.340 e. The molecular formula is C18H19N5OS. The van der Waals surface area contributed by atoms with Crippen LogP contribution in [0.25, 0.3) is 0 Å². The minimum atomic E-state index is -0.0247. The molecule has 7 heteroatoms. The largest absolute Gasteiger partial charge is 0.340 e. The van der Waals surface area contributed by atoms with Crippen LogP contribution in [0, 0.1) is 17.2 Å². The van der Waals surface area contributed by atoms with Gasteiger partial charge in [0.25, 0.3) is 0 Å². The van der Waals surface area contributed by atoms with Crippen molar-refractivity contribution in [1.29, 1.82) is 5.26 Å². The Morgan fingerprint density at radius 3 is 3.16 bits per heavy atom. The molecule has 1 amide bonds. The summed E-state index contributed by atoms with van der Waals surface area (Å²) in [7, 11) is 0. The van der Waals surface area contributed by atoms with Gasteiger partial charge in [-0.2, -0.15) is 5.26 Å². The fraction of sp³-hybridized carbons (Fsp3) is 0.444. The Balaban J connectivity index is 1.46. The molecule has 1 unspecified atom stereocenters. The minimum absolute atomic E-state index is 0.0247. The molecule has 1 fully saturated rings. The lowest BCUT2D eigenvalue weighted by molar-refractivity contribution is -0.136. The van der Waals surface area contributed by atoms with Gasteiger partial charge < -0.3 is 9.80 Å². The monoisotopic (exact) mass is 353 g/mol. The molecule has 0 N–H and O–H groups in total. The highest BCUT2D eigenvalue weighted by Crippen LogP contribution is 2.27. The van der Waals surface area contributed by atoms with Crippen molar-refractivity contribution in [3.8, 4) is 6.07 Å². The van der Waals surface area contributed by atoms with E-state index < -0.39 is 0 Å². The van der Waals surface area contributed by atoms with Gasteiger partial charge >= 0.3 is 0 Å². The number of nitriles is 1. The van der Waals surface area contributed by atoms with E-state index in [1.807, 2.05) is 15.9 Å². The second kappa shape index (κ2) is 6.81. The SMILES string of the molecule is N#Cc1ccnc(N2CCCC(C(=O)N3CCc4sccc4C3)C2)n1. The van der Waals surface area contributed by atoms with Crippen molar-refractivity contribution >= 4 is 23.2 Å². The van der Waals surface area contributed by atoms with Crippen molar-refractivity contribution in [1.82, 2.24) is 14.9 Å². The first-order chi connectivity index (χ1) is 12.2. The topological polar surface area (TPSA) is 73.1 Å². The molecule has 1 atom stereocenters. The lowest BCUT2D eigenvalue weighted by Gasteiger charge is -2.36. The Morgan fingerprint density at radius 2 is 2.28 bits per heavy atom. The van der Waals surface area contributed by atoms with E-state index in [1.165, 1.54) is 10.4 Å². The first kappa shape index (κ1) is 16.0. The highest BCUT2D eigenvalue weighted by atomic mass is 32.1. The van der Waals surface area contributed by atoms with Crippen LogP contribution in [0.3, 0.4) is 0 Å². The Hall–Kier alpha value is -2.46. The van der Waals surface area contributed by atoms with Crippen LogP contribution >= 0.6 is 11.3 Å². The van der Waals surface area contributed by atoms with E-state index in [0.717, 1.165) is 38.9 Å². The molecule has 128 valence electrons. The fourth-order valence-corrected chi connectivity index (χ4v) is 4.51. The molecule has 0 radical (unpaired) electrons. The maximum absolute atomic E-state index is 13.0. The molecule has 0 bridgehead atoms. The zero-order valence-electron chi connectivity index (χ0n) is 13.9. The normalized spacial score (nSPS) is 20.0. The second-order valence-corrected chi connectivity index (χ2v) is 7.52. The summed E-state index contributed by atoms with van der Waals surface area (Å²) in [6.07, 6.45) is 4.41. The Morgan fingerprint density at radius 1 is 1.36 bits per heavy atom. The van der Waals surface area contributed by atoms with Gasteiger partial charge in [-0.3, -0.25) is 4.79 Å². The molecule has 4 rings (SSSR count). The van der Waals surface area contributed by atoms with Gasteiger partial charge in [-0.1, -0.05) is 0 Å². The van der Waals surface area contributed by atoms with Crippen LogP contribution < -0.4 is 4.90 Å². The van der Waals surface area contributed by atoms with Crippen LogP contribution in [0.5, 0.6) is 0 Å². The van der Waals surface area contributed by atoms with Crippen LogP contribution in [-0.4, -0.2) is 40.4 Å². The molecule has 0 spiro atoms. The van der Waals surface area contributed by atoms with Crippen LogP contribution in [0.4, 0.5) is 5.95 Å². The van der Waals surface area contributed by atoms with Gasteiger partial charge in [-0.05, 0) is 42.3 Å². The molecule has 4 heterocycles. The first-order valence-corrected chi connectivity index (χ1v) is 9.44. The average molecular weight is 353 g/mol. The quantitative estimate of drug-likeness (QED) is 0.828. The third-order valence-corrected chi connectivity index (χ3v) is 5.95. The van der Waals surface area contributed by atoms with Crippen LogP contribution in [-0.2, 0) is 17.8 Å². The highest BCUT2D eigenvalue weighted by Gasteiger charge is 2.32. The van der Waals surface area contributed by atoms with Gasteiger partial charge in [-0.25, -0.2) is 9.97 Å². The number of hydrogen-bond acceptors (Lipinski definition) is 6. The van der Waals surface area contributed by atoms with E-state index in [1.54, 1.807) is 23.6 Å². The lowest BCUT2D eigenvalue weighted by Crippen LogP contribution is -2.46. The Bertz CT molecular complexity index is 827. The van der Waals surface area contributed by atoms with Crippen LogP contribution in [0.15, 0.2) is 23.7 Å². The van der Waals surface area contributed by atoms with E-state index in [0.29, 0.717) is 18.2 Å². The third kappa shape index (κ3) is 3.22. The maximum Gasteiger partial charge on any atom is 0.227 e. The zero-order chi connectivity index (χ0) is 17.2. The van der Waals surface area contributed by atoms with Crippen LogP contribution in [0.2, 0.25) is 0 Å². The summed E-state index contributed by atoms with van der Waals surface area (Å²) in [6, 6.07) is 5.78. The van der Waals surface area contributed by atoms with E-state index in [4.69, 9.17) is 5.26 Å². The predicted octanol–water partition coefficient (Wildman–Crippen LogP) is 2.21. The smallest absolute Gasteiger partial charge is 0.227 e. The van der Waals surface area contributed by atoms with Gasteiger partial charge in [0.2, 0.25) is 11.9 Å². The number of nitrogens with zero attached hydrogens (tertiary/aromatic N) is 5. The van der Waals surface area contributed by atoms with Gasteiger partial charge in [0, 0.05) is 37.3 Å². The Kier molecular flexibility index (Phi) is 4.36. The van der Waals surface area contributed by atoms with Crippen molar-refractivity contribution in [2.45, 2.75) is 25.8 Å². The summed E-state index contributed by atoms with van der Waals surface area (Å²) >= 11 is 1.79. The van der Waals surface area contributed by atoms with Crippen molar-refractivity contribution in [2.24, 2.45) is 5.92 Å². The van der Waals surface area contributed by atoms with Gasteiger partial charge in [0.15, 0.2) is 0 Å². The van der Waals surface area contributed by atoms with E-state index in [9.17, 15) is 4.79 Å². The molecule has 0 aliphatic carbocycles. The van der Waals surface area contributed by atoms with Gasteiger partial charge in [0.1, 0.15) is 11.8 Å². The highest BCUT2D eigenvalue weighted by molar-refractivity contribution is 7.10. The third-order valence-electron chi connectivity index (χ3n) is 4.93. The molecule has 1 saturated heterocycles. The summed E-state index contributed by atoms with van der Waals surface area (Å²) in [5, 5.41) is 11.1. The number of hydrogen-bond donors (Lipinski definition) is 0. The Labute approximate surface area is 150 Å². The van der Waals surface area contributed by atoms with Crippen LogP contribution in [0.1, 0.15) is 29.0 Å². The van der Waals surface area contributed by atoms with E-state index in [-0.39, 0.29) is 11.8 Å². The molecule has 25 heavy (non-hydrogen) atoms. The number of amides is 1. The molecule has 0 saturated carbocycles. The summed E-state index contributed by atoms with van der Waals surface area (Å²) in [5.41, 5.74) is 1.65. The van der Waals surface area contributed by atoms with Crippen molar-refractivity contribution < 1.29 is 4.79 Å². The summed E-state index contributed by atoms with van der Waals surface area (Å²) in [5.74, 6) is 0.761. The van der Waals surface area contributed by atoms with Crippen molar-refractivity contribution in [3.05, 3.63) is 39.8 Å². The molecule has 2 aliphatic heterocycles. The van der Waals surface area contributed by atoms with Crippen molar-refractivity contribution in [2.75, 3.05) is 24.5 Å². The number of carbonyl (C=O) groups excluding carboxylic acids is 1. The molecule has 0 aromatic carbocycles. The number of aromatic nitrogens is 2. The average Bonchev–Trinajstić information content (AvgIpc) is 3.15. The number of anilines is 1. The maximum atomic E-state index is 13.0. The number of thiophene rings is 1. The predicted molar refractivity (Wildman–Crippen MR) is 95.1 cm³/mol. The molecule has 6 nitrogen and oxygen atoms in total. The van der Waals surface area contributed by atoms with E-state index in [2.05, 4.69) is 21.4 Å². The number of rotatable bonds is 2. The number of carbonyl (C=O) groups is 1. The van der Waals surface area contributed by atoms with Crippen molar-refractivity contribution in [3.63, 3.8) is 0 Å². The number of piperidine rings is 1. The second-order valence-electron chi connectivity index (χ2n) is 6.52. The molecule has 2 aliphatic rings. The zero-order valence-corrected chi connectivity index (χ0v) is 14.7. The van der Waals surface area contributed by atoms with Gasteiger partial charge in [-0.15, -0.1) is 11.3 Å². The molecule has 2 aromatic heterocycles. The molecule has 2 aromatic rings.